The summed E-state index contributed by atoms with van der Waals surface area (Å²) in [6.45, 7) is 4.17. The molecule has 5 nitrogen and oxygen atoms in total. The molecular weight excluding hydrogens is 356 g/mol. The zero-order valence-corrected chi connectivity index (χ0v) is 16.1. The maximum absolute atomic E-state index is 12.4. The van der Waals surface area contributed by atoms with Crippen LogP contribution in [0.3, 0.4) is 0 Å². The van der Waals surface area contributed by atoms with Gasteiger partial charge < -0.3 is 5.32 Å². The van der Waals surface area contributed by atoms with Gasteiger partial charge in [0.05, 0.1) is 11.3 Å². The van der Waals surface area contributed by atoms with Gasteiger partial charge in [0.2, 0.25) is 5.91 Å². The molecule has 4 aromatic rings. The van der Waals surface area contributed by atoms with Crippen molar-refractivity contribution < 1.29 is 4.79 Å². The number of aromatic nitrogens is 3. The van der Waals surface area contributed by atoms with E-state index in [2.05, 4.69) is 47.6 Å². The first kappa shape index (κ1) is 17.5. The highest BCUT2D eigenvalue weighted by Gasteiger charge is 2.13. The second-order valence-electron chi connectivity index (χ2n) is 6.41. The molecule has 0 unspecified atom stereocenters. The van der Waals surface area contributed by atoms with Crippen LogP contribution in [0.4, 0.5) is 5.69 Å². The van der Waals surface area contributed by atoms with Crippen LogP contribution >= 0.6 is 11.8 Å². The minimum absolute atomic E-state index is 0.0542. The quantitative estimate of drug-likeness (QED) is 0.522. The number of hydrogen-bond acceptors (Lipinski definition) is 4. The number of fused-ring (bicyclic) bond motifs is 3. The third kappa shape index (κ3) is 3.53. The van der Waals surface area contributed by atoms with E-state index in [1.54, 1.807) is 0 Å². The third-order valence-electron chi connectivity index (χ3n) is 4.53. The van der Waals surface area contributed by atoms with Crippen LogP contribution < -0.4 is 5.32 Å². The second kappa shape index (κ2) is 7.40. The predicted octanol–water partition coefficient (Wildman–Crippen LogP) is 4.48. The average Bonchev–Trinajstić information content (AvgIpc) is 3.09. The highest BCUT2D eigenvalue weighted by atomic mass is 32.2. The van der Waals surface area contributed by atoms with Gasteiger partial charge in [0.15, 0.2) is 10.8 Å². The normalized spacial score (nSPS) is 11.2. The van der Waals surface area contributed by atoms with Gasteiger partial charge in [0.25, 0.3) is 0 Å². The van der Waals surface area contributed by atoms with Crippen LogP contribution in [-0.4, -0.2) is 26.3 Å². The summed E-state index contributed by atoms with van der Waals surface area (Å²) in [7, 11) is 0. The zero-order valence-electron chi connectivity index (χ0n) is 15.3. The summed E-state index contributed by atoms with van der Waals surface area (Å²) in [6.07, 6.45) is 0.941. The Bertz CT molecular complexity index is 1140. The fourth-order valence-corrected chi connectivity index (χ4v) is 3.92. The molecule has 2 aromatic carbocycles. The molecule has 1 amide bonds. The van der Waals surface area contributed by atoms with Crippen molar-refractivity contribution in [1.82, 2.24) is 14.6 Å². The monoisotopic (exact) mass is 376 g/mol. The van der Waals surface area contributed by atoms with Crippen molar-refractivity contribution in [2.24, 2.45) is 0 Å². The van der Waals surface area contributed by atoms with Gasteiger partial charge >= 0.3 is 0 Å². The van der Waals surface area contributed by atoms with Crippen molar-refractivity contribution in [2.75, 3.05) is 11.1 Å². The molecule has 0 saturated heterocycles. The van der Waals surface area contributed by atoms with Gasteiger partial charge in [-0.2, -0.15) is 0 Å². The Morgan fingerprint density at radius 2 is 1.96 bits per heavy atom. The molecule has 6 heteroatoms. The maximum Gasteiger partial charge on any atom is 0.234 e. The number of carbonyl (C=O) groups excluding carboxylic acids is 1. The fourth-order valence-electron chi connectivity index (χ4n) is 3.16. The summed E-state index contributed by atoms with van der Waals surface area (Å²) in [4.78, 5) is 12.4. The number of nitrogens with zero attached hydrogens (tertiary/aromatic N) is 3. The lowest BCUT2D eigenvalue weighted by molar-refractivity contribution is -0.113. The Labute approximate surface area is 161 Å². The lowest BCUT2D eigenvalue weighted by Gasteiger charge is -2.08. The third-order valence-corrected chi connectivity index (χ3v) is 5.45. The standard InChI is InChI=1S/C21H20N4OS/c1-3-15-7-6-8-16(12-15)22-20(26)13-27-21-24-23-19-11-14(2)17-9-4-5-10-18(17)25(19)21/h4-12H,3,13H2,1-2H3,(H,22,26). The van der Waals surface area contributed by atoms with E-state index in [4.69, 9.17) is 0 Å². The number of anilines is 1. The van der Waals surface area contributed by atoms with Crippen molar-refractivity contribution >= 4 is 39.9 Å². The summed E-state index contributed by atoms with van der Waals surface area (Å²) in [6, 6.07) is 18.1. The van der Waals surface area contributed by atoms with E-state index < -0.39 is 0 Å². The molecule has 27 heavy (non-hydrogen) atoms. The van der Waals surface area contributed by atoms with E-state index in [1.807, 2.05) is 40.8 Å². The number of rotatable bonds is 5. The van der Waals surface area contributed by atoms with E-state index in [0.29, 0.717) is 0 Å². The van der Waals surface area contributed by atoms with Crippen LogP contribution in [-0.2, 0) is 11.2 Å². The molecule has 0 saturated carbocycles. The van der Waals surface area contributed by atoms with Gasteiger partial charge in [-0.3, -0.25) is 9.20 Å². The van der Waals surface area contributed by atoms with Crippen LogP contribution in [0.25, 0.3) is 16.6 Å². The van der Waals surface area contributed by atoms with Crippen molar-refractivity contribution in [3.05, 3.63) is 65.7 Å². The largest absolute Gasteiger partial charge is 0.325 e. The summed E-state index contributed by atoms with van der Waals surface area (Å²) in [5, 5.41) is 13.4. The maximum atomic E-state index is 12.4. The molecule has 1 N–H and O–H groups in total. The molecule has 2 aromatic heterocycles. The topological polar surface area (TPSA) is 59.3 Å². The number of thioether (sulfide) groups is 1. The summed E-state index contributed by atoms with van der Waals surface area (Å²) in [5.41, 5.74) is 5.04. The Balaban J connectivity index is 1.55. The van der Waals surface area contributed by atoms with Crippen molar-refractivity contribution in [2.45, 2.75) is 25.4 Å². The Morgan fingerprint density at radius 1 is 1.11 bits per heavy atom. The number of carbonyl (C=O) groups is 1. The number of para-hydroxylation sites is 1. The SMILES string of the molecule is CCc1cccc(NC(=O)CSc2nnc3cc(C)c4ccccc4n23)c1. The van der Waals surface area contributed by atoms with E-state index in [1.165, 1.54) is 17.3 Å². The van der Waals surface area contributed by atoms with Gasteiger partial charge in [-0.25, -0.2) is 0 Å². The molecule has 4 rings (SSSR count). The van der Waals surface area contributed by atoms with Crippen LogP contribution in [0.15, 0.2) is 59.8 Å². The van der Waals surface area contributed by atoms with E-state index in [0.717, 1.165) is 39.4 Å². The molecule has 2 heterocycles. The Hall–Kier alpha value is -2.86. The predicted molar refractivity (Wildman–Crippen MR) is 110 cm³/mol. The number of amides is 1. The van der Waals surface area contributed by atoms with Crippen LogP contribution in [0, 0.1) is 6.92 Å². The molecule has 0 bridgehead atoms. The van der Waals surface area contributed by atoms with Crippen LogP contribution in [0.2, 0.25) is 0 Å². The molecule has 0 aliphatic heterocycles. The smallest absolute Gasteiger partial charge is 0.234 e. The van der Waals surface area contributed by atoms with E-state index in [9.17, 15) is 4.79 Å². The molecule has 0 fully saturated rings. The Morgan fingerprint density at radius 3 is 2.81 bits per heavy atom. The zero-order chi connectivity index (χ0) is 18.8. The van der Waals surface area contributed by atoms with Gasteiger partial charge in [0.1, 0.15) is 0 Å². The number of hydrogen-bond donors (Lipinski definition) is 1. The number of aryl methyl sites for hydroxylation is 2. The fraction of sp³-hybridized carbons (Fsp3) is 0.190. The first-order chi connectivity index (χ1) is 13.2. The Kier molecular flexibility index (Phi) is 4.81. The molecule has 136 valence electrons. The molecule has 0 aliphatic rings. The molecule has 0 radical (unpaired) electrons. The molecule has 0 atom stereocenters. The number of benzene rings is 2. The lowest BCUT2D eigenvalue weighted by atomic mass is 10.1. The number of pyridine rings is 1. The van der Waals surface area contributed by atoms with E-state index in [-0.39, 0.29) is 11.7 Å². The summed E-state index contributed by atoms with van der Waals surface area (Å²) in [5.74, 6) is 0.223. The molecule has 0 spiro atoms. The minimum atomic E-state index is -0.0542. The highest BCUT2D eigenvalue weighted by molar-refractivity contribution is 7.99. The minimum Gasteiger partial charge on any atom is -0.325 e. The highest BCUT2D eigenvalue weighted by Crippen LogP contribution is 2.25. The van der Waals surface area contributed by atoms with Crippen molar-refractivity contribution in [1.29, 1.82) is 0 Å². The van der Waals surface area contributed by atoms with Crippen molar-refractivity contribution in [3.8, 4) is 0 Å². The number of nitrogens with one attached hydrogen (secondary N) is 1. The van der Waals surface area contributed by atoms with Crippen LogP contribution in [0.1, 0.15) is 18.1 Å². The van der Waals surface area contributed by atoms with Gasteiger partial charge in [-0.15, -0.1) is 10.2 Å². The first-order valence-electron chi connectivity index (χ1n) is 8.91. The second-order valence-corrected chi connectivity index (χ2v) is 7.35. The summed E-state index contributed by atoms with van der Waals surface area (Å²) < 4.78 is 2.01. The lowest BCUT2D eigenvalue weighted by Crippen LogP contribution is -2.14. The van der Waals surface area contributed by atoms with Crippen molar-refractivity contribution in [3.63, 3.8) is 0 Å². The van der Waals surface area contributed by atoms with E-state index >= 15 is 0 Å². The van der Waals surface area contributed by atoms with Gasteiger partial charge in [0, 0.05) is 11.1 Å². The average molecular weight is 376 g/mol. The summed E-state index contributed by atoms with van der Waals surface area (Å²) >= 11 is 1.39. The molecular formula is C21H20N4OS. The van der Waals surface area contributed by atoms with Crippen LogP contribution in [0.5, 0.6) is 0 Å². The molecule has 0 aliphatic carbocycles. The van der Waals surface area contributed by atoms with Gasteiger partial charge in [-0.05, 0) is 48.7 Å². The van der Waals surface area contributed by atoms with Gasteiger partial charge in [-0.1, -0.05) is 49.0 Å². The first-order valence-corrected chi connectivity index (χ1v) is 9.89.